The van der Waals surface area contributed by atoms with Crippen LogP contribution in [0.5, 0.6) is 0 Å². The number of carboxylic acids is 2. The molecule has 0 atom stereocenters. The molecule has 3 aromatic rings. The number of H-pyrrole nitrogens is 2. The standard InChI is InChI=1S/C34H38N4O4.ClH.4Ru/c1-7-21-17(3)25-13-26-19(5)23(9-11-33(39)40)31(37-26)16-32-24(10-12-34(41)42)20(6)28(38-32)15-30-22(8-2)18(4)27(36-30)14-29(21)35-25;;;;;/h13-16,35-36H,7-12H2,1-6H3,(H,39,40)(H,41,42);1H;;;;/q;;4*+3/p-1. The van der Waals surface area contributed by atoms with Gasteiger partial charge in [0, 0.05) is 34.9 Å². The van der Waals surface area contributed by atoms with Crippen LogP contribution in [0.25, 0.3) is 44.4 Å². The Morgan fingerprint density at radius 1 is 0.596 bits per heavy atom. The molecule has 13 heteroatoms. The molecule has 2 aliphatic heterocycles. The minimum Gasteiger partial charge on any atom is -1.00 e. The Kier molecular flexibility index (Phi) is 18.2. The molecular weight excluding hydrogens is 968 g/mol. The van der Waals surface area contributed by atoms with E-state index in [1.54, 1.807) is 0 Å². The molecule has 0 saturated carbocycles. The van der Waals surface area contributed by atoms with Gasteiger partial charge in [0.25, 0.3) is 0 Å². The Labute approximate surface area is 333 Å². The van der Waals surface area contributed by atoms with Crippen molar-refractivity contribution in [1.82, 2.24) is 19.9 Å². The number of aromatic nitrogens is 4. The number of hydrogen-bond acceptors (Lipinski definition) is 4. The molecule has 0 aromatic carbocycles. The molecule has 2 aliphatic rings. The molecule has 5 rings (SSSR count). The van der Waals surface area contributed by atoms with Crippen LogP contribution < -0.4 is 12.4 Å². The predicted molar refractivity (Wildman–Crippen MR) is 168 cm³/mol. The fourth-order valence-corrected chi connectivity index (χ4v) is 6.22. The predicted octanol–water partition coefficient (Wildman–Crippen LogP) is 4.64. The molecular formula is C34H38ClN4O4Ru4+11. The van der Waals surface area contributed by atoms with E-state index >= 15 is 0 Å². The first kappa shape index (κ1) is 45.3. The van der Waals surface area contributed by atoms with Crippen LogP contribution in [0, 0.1) is 13.8 Å². The number of rotatable bonds is 8. The Balaban J connectivity index is 0.00000423. The molecule has 0 aliphatic carbocycles. The van der Waals surface area contributed by atoms with E-state index in [4.69, 9.17) is 9.97 Å². The van der Waals surface area contributed by atoms with Crippen LogP contribution >= 0.6 is 0 Å². The number of aromatic amines is 2. The van der Waals surface area contributed by atoms with Crippen molar-refractivity contribution in [2.45, 2.75) is 80.1 Å². The van der Waals surface area contributed by atoms with E-state index in [-0.39, 0.29) is 103 Å². The van der Waals surface area contributed by atoms with E-state index in [1.165, 1.54) is 16.7 Å². The minimum atomic E-state index is -0.869. The Hall–Kier alpha value is -1.68. The first-order valence-electron chi connectivity index (χ1n) is 14.6. The third-order valence-corrected chi connectivity index (χ3v) is 8.69. The molecule has 4 N–H and O–H groups in total. The molecule has 0 saturated heterocycles. The summed E-state index contributed by atoms with van der Waals surface area (Å²) in [6.07, 6.45) is 2.37. The van der Waals surface area contributed by atoms with Gasteiger partial charge in [-0.15, -0.1) is 0 Å². The Morgan fingerprint density at radius 2 is 0.957 bits per heavy atom. The summed E-state index contributed by atoms with van der Waals surface area (Å²) in [6, 6.07) is 8.19. The topological polar surface area (TPSA) is 132 Å². The zero-order valence-corrected chi connectivity index (χ0v) is 34.7. The molecule has 3 aromatic heterocycles. The molecule has 0 fully saturated rings. The van der Waals surface area contributed by atoms with Gasteiger partial charge in [-0.2, -0.15) is 0 Å². The normalized spacial score (nSPS) is 11.9. The van der Waals surface area contributed by atoms with Crippen molar-refractivity contribution < 1.29 is 110 Å². The number of hydrogen-bond donors (Lipinski definition) is 4. The second-order valence-corrected chi connectivity index (χ2v) is 11.2. The van der Waals surface area contributed by atoms with Gasteiger partial charge in [-0.1, -0.05) is 13.8 Å². The third kappa shape index (κ3) is 9.31. The van der Waals surface area contributed by atoms with Crippen molar-refractivity contribution in [3.8, 4) is 0 Å². The molecule has 5 heterocycles. The maximum absolute atomic E-state index is 11.5. The van der Waals surface area contributed by atoms with Crippen LogP contribution in [-0.2, 0) is 100 Å². The number of carboxylic acid groups (broad SMARTS) is 2. The third-order valence-electron chi connectivity index (χ3n) is 8.69. The Morgan fingerprint density at radius 3 is 1.34 bits per heavy atom. The summed E-state index contributed by atoms with van der Waals surface area (Å²) in [5.41, 5.74) is 15.4. The maximum Gasteiger partial charge on any atom is 3.00 e. The van der Waals surface area contributed by atoms with E-state index in [1.807, 2.05) is 26.0 Å². The number of allylic oxidation sites excluding steroid dienone is 4. The summed E-state index contributed by atoms with van der Waals surface area (Å²) in [5, 5.41) is 18.9. The minimum absolute atomic E-state index is 0. The van der Waals surface area contributed by atoms with Crippen LogP contribution in [0.3, 0.4) is 0 Å². The van der Waals surface area contributed by atoms with Gasteiger partial charge in [0.15, 0.2) is 0 Å². The number of halogens is 1. The quantitative estimate of drug-likeness (QED) is 0.244. The van der Waals surface area contributed by atoms with Crippen molar-refractivity contribution in [2.24, 2.45) is 0 Å². The summed E-state index contributed by atoms with van der Waals surface area (Å²) in [7, 11) is 0. The maximum atomic E-state index is 11.5. The summed E-state index contributed by atoms with van der Waals surface area (Å²) in [6.45, 7) is 12.5. The molecule has 47 heavy (non-hydrogen) atoms. The number of carbonyl (C=O) groups is 2. The van der Waals surface area contributed by atoms with Crippen molar-refractivity contribution in [2.75, 3.05) is 0 Å². The molecule has 0 spiro atoms. The number of aliphatic carboxylic acids is 2. The van der Waals surface area contributed by atoms with Crippen molar-refractivity contribution in [3.05, 3.63) is 69.3 Å². The van der Waals surface area contributed by atoms with Crippen LogP contribution in [0.15, 0.2) is 24.3 Å². The molecule has 246 valence electrons. The second kappa shape index (κ2) is 18.9. The smallest absolute Gasteiger partial charge is 1.00 e. The summed E-state index contributed by atoms with van der Waals surface area (Å²) in [5.74, 6) is -1.74. The number of aryl methyl sites for hydroxylation is 4. The summed E-state index contributed by atoms with van der Waals surface area (Å²) >= 11 is 0. The zero-order chi connectivity index (χ0) is 30.3. The van der Waals surface area contributed by atoms with Gasteiger partial charge in [-0.3, -0.25) is 9.59 Å². The number of nitrogens with one attached hydrogen (secondary N) is 2. The van der Waals surface area contributed by atoms with Gasteiger partial charge in [-0.05, 0) is 122 Å². The van der Waals surface area contributed by atoms with Crippen LogP contribution in [0.1, 0.15) is 98.4 Å². The molecule has 4 radical (unpaired) electrons. The summed E-state index contributed by atoms with van der Waals surface area (Å²) in [4.78, 5) is 40.3. The first-order chi connectivity index (χ1) is 20.0. The Bertz CT molecular complexity index is 1880. The molecule has 0 unspecified atom stereocenters. The van der Waals surface area contributed by atoms with Crippen molar-refractivity contribution in [1.29, 1.82) is 0 Å². The SMILES string of the molecule is CCc1c(C)c2cc3[nH]c(cc4nc(cc5nc(cc1[nH]2)C(C)=C5CCC(=O)O)C(CCC(=O)O)=C4C)c(C)c3CC.[Cl-].[Ru+3].[Ru+3].[Ru+3].[Ru+3]. The van der Waals surface area contributed by atoms with Crippen molar-refractivity contribution >= 4 is 56.3 Å². The number of fused-ring (bicyclic) bond motifs is 8. The van der Waals surface area contributed by atoms with E-state index < -0.39 is 11.9 Å². The van der Waals surface area contributed by atoms with E-state index in [0.717, 1.165) is 74.2 Å². The van der Waals surface area contributed by atoms with Crippen LogP contribution in [-0.4, -0.2) is 42.1 Å². The van der Waals surface area contributed by atoms with E-state index in [0.29, 0.717) is 24.2 Å². The molecule has 8 bridgehead atoms. The first-order valence-corrected chi connectivity index (χ1v) is 14.6. The van der Waals surface area contributed by atoms with Gasteiger partial charge in [-0.25, -0.2) is 9.97 Å². The largest absolute Gasteiger partial charge is 3.00 e. The average Bonchev–Trinajstić information content (AvgIpc) is 3.59. The van der Waals surface area contributed by atoms with Crippen molar-refractivity contribution in [3.63, 3.8) is 0 Å². The average molecular weight is 1010 g/mol. The van der Waals surface area contributed by atoms with Crippen LogP contribution in [0.4, 0.5) is 0 Å². The van der Waals surface area contributed by atoms with E-state index in [9.17, 15) is 19.8 Å². The van der Waals surface area contributed by atoms with Gasteiger partial charge < -0.3 is 32.6 Å². The van der Waals surface area contributed by atoms with E-state index in [2.05, 4.69) is 49.8 Å². The fourth-order valence-electron chi connectivity index (χ4n) is 6.22. The fraction of sp³-hybridized carbons (Fsp3) is 0.353. The molecule has 0 amide bonds. The van der Waals surface area contributed by atoms with Gasteiger partial charge in [0.2, 0.25) is 0 Å². The van der Waals surface area contributed by atoms with Crippen LogP contribution in [0.2, 0.25) is 0 Å². The summed E-state index contributed by atoms with van der Waals surface area (Å²) < 4.78 is 0. The number of nitrogens with zero attached hydrogens (tertiary/aromatic N) is 2. The molecule has 8 nitrogen and oxygen atoms in total. The monoisotopic (exact) mass is 1010 g/mol. The second-order valence-electron chi connectivity index (χ2n) is 11.2. The van der Waals surface area contributed by atoms with Gasteiger partial charge in [0.1, 0.15) is 0 Å². The van der Waals surface area contributed by atoms with Gasteiger partial charge in [0.05, 0.1) is 22.8 Å². The van der Waals surface area contributed by atoms with Gasteiger partial charge >= 0.3 is 89.9 Å². The zero-order valence-electron chi connectivity index (χ0n) is 26.9.